The Kier molecular flexibility index (Phi) is 4.46. The van der Waals surface area contributed by atoms with Crippen molar-refractivity contribution in [2.75, 3.05) is 26.2 Å². The molecule has 134 valence electrons. The number of carbonyl (C=O) groups excluding carboxylic acids is 3. The molecule has 2 aliphatic rings. The van der Waals surface area contributed by atoms with Crippen LogP contribution in [0.3, 0.4) is 0 Å². The molecular weight excluding hydrogens is 352 g/mol. The van der Waals surface area contributed by atoms with Crippen LogP contribution in [0.4, 0.5) is 0 Å². The van der Waals surface area contributed by atoms with E-state index in [1.165, 1.54) is 11.3 Å². The second-order valence-electron chi connectivity index (χ2n) is 6.35. The lowest BCUT2D eigenvalue weighted by Crippen LogP contribution is -2.54. The molecule has 0 saturated carbocycles. The fraction of sp³-hybridized carbons (Fsp3) is 0.316. The number of benzene rings is 1. The average Bonchev–Trinajstić information content (AvgIpc) is 3.22. The van der Waals surface area contributed by atoms with E-state index in [1.807, 2.05) is 29.6 Å². The van der Waals surface area contributed by atoms with Crippen LogP contribution in [0.15, 0.2) is 41.8 Å². The minimum atomic E-state index is -0.781. The molecule has 26 heavy (non-hydrogen) atoms. The summed E-state index contributed by atoms with van der Waals surface area (Å²) < 4.78 is 5.35. The topological polar surface area (TPSA) is 66.9 Å². The molecule has 1 unspecified atom stereocenters. The van der Waals surface area contributed by atoms with Gasteiger partial charge in [0.1, 0.15) is 0 Å². The van der Waals surface area contributed by atoms with E-state index in [0.717, 1.165) is 5.56 Å². The normalized spacial score (nSPS) is 19.7. The molecule has 0 aliphatic carbocycles. The number of piperazine rings is 1. The zero-order chi connectivity index (χ0) is 18.1. The first-order valence-electron chi connectivity index (χ1n) is 8.54. The summed E-state index contributed by atoms with van der Waals surface area (Å²) in [6.07, 6.45) is -0.383. The number of fused-ring (bicyclic) bond motifs is 1. The minimum Gasteiger partial charge on any atom is -0.448 e. The predicted molar refractivity (Wildman–Crippen MR) is 96.2 cm³/mol. The molecule has 3 heterocycles. The maximum atomic E-state index is 12.8. The Hall–Kier alpha value is -2.67. The number of hydrogen-bond donors (Lipinski definition) is 0. The number of carbonyl (C=O) groups is 3. The summed E-state index contributed by atoms with van der Waals surface area (Å²) in [4.78, 5) is 41.4. The number of rotatable bonds is 2. The Morgan fingerprint density at radius 2 is 1.73 bits per heavy atom. The monoisotopic (exact) mass is 370 g/mol. The Bertz CT molecular complexity index is 841. The molecule has 2 amide bonds. The average molecular weight is 370 g/mol. The van der Waals surface area contributed by atoms with E-state index < -0.39 is 12.1 Å². The van der Waals surface area contributed by atoms with Crippen molar-refractivity contribution >= 4 is 29.1 Å². The number of ether oxygens (including phenoxy) is 1. The van der Waals surface area contributed by atoms with Crippen molar-refractivity contribution in [1.29, 1.82) is 0 Å². The van der Waals surface area contributed by atoms with Gasteiger partial charge in [-0.15, -0.1) is 11.3 Å². The van der Waals surface area contributed by atoms with Gasteiger partial charge in [-0.05, 0) is 23.1 Å². The quantitative estimate of drug-likeness (QED) is 0.757. The molecule has 1 atom stereocenters. The lowest BCUT2D eigenvalue weighted by atomic mass is 9.98. The summed E-state index contributed by atoms with van der Waals surface area (Å²) in [6, 6.07) is 10.9. The van der Waals surface area contributed by atoms with Gasteiger partial charge in [-0.3, -0.25) is 9.59 Å². The van der Waals surface area contributed by atoms with Crippen molar-refractivity contribution in [3.05, 3.63) is 57.8 Å². The number of cyclic esters (lactones) is 1. The van der Waals surface area contributed by atoms with Crippen molar-refractivity contribution in [3.8, 4) is 0 Å². The summed E-state index contributed by atoms with van der Waals surface area (Å²) in [5.41, 5.74) is 1.37. The zero-order valence-electron chi connectivity index (χ0n) is 14.1. The van der Waals surface area contributed by atoms with Gasteiger partial charge in [0.25, 0.3) is 11.8 Å². The van der Waals surface area contributed by atoms with E-state index in [2.05, 4.69) is 0 Å². The van der Waals surface area contributed by atoms with Gasteiger partial charge in [0.2, 0.25) is 0 Å². The second kappa shape index (κ2) is 6.92. The van der Waals surface area contributed by atoms with Gasteiger partial charge >= 0.3 is 5.97 Å². The van der Waals surface area contributed by atoms with Crippen LogP contribution in [0.25, 0.3) is 0 Å². The van der Waals surface area contributed by atoms with Crippen LogP contribution in [0.1, 0.15) is 25.6 Å². The molecule has 1 aromatic carbocycles. The van der Waals surface area contributed by atoms with Crippen molar-refractivity contribution in [3.63, 3.8) is 0 Å². The van der Waals surface area contributed by atoms with Gasteiger partial charge < -0.3 is 14.5 Å². The van der Waals surface area contributed by atoms with E-state index in [-0.39, 0.29) is 11.8 Å². The van der Waals surface area contributed by atoms with E-state index in [9.17, 15) is 14.4 Å². The van der Waals surface area contributed by atoms with E-state index >= 15 is 0 Å². The highest BCUT2D eigenvalue weighted by Crippen LogP contribution is 2.22. The highest BCUT2D eigenvalue weighted by atomic mass is 32.1. The third kappa shape index (κ3) is 3.10. The summed E-state index contributed by atoms with van der Waals surface area (Å²) >= 11 is 1.42. The van der Waals surface area contributed by atoms with Gasteiger partial charge in [-0.2, -0.15) is 0 Å². The van der Waals surface area contributed by atoms with Gasteiger partial charge in [0.05, 0.1) is 10.4 Å². The van der Waals surface area contributed by atoms with Gasteiger partial charge in [-0.25, -0.2) is 4.79 Å². The van der Waals surface area contributed by atoms with E-state index in [1.54, 1.807) is 21.9 Å². The third-order valence-corrected chi connectivity index (χ3v) is 5.64. The Morgan fingerprint density at radius 3 is 2.46 bits per heavy atom. The molecule has 2 aliphatic heterocycles. The van der Waals surface area contributed by atoms with Crippen molar-refractivity contribution in [2.24, 2.45) is 0 Å². The first kappa shape index (κ1) is 16.8. The predicted octanol–water partition coefficient (Wildman–Crippen LogP) is 1.81. The molecule has 0 N–H and O–H groups in total. The SMILES string of the molecule is O=C1OC(C(=O)N2CCN(C(=O)c3cccs3)CC2)Cc2ccccc21. The number of amides is 2. The van der Waals surface area contributed by atoms with Gasteiger partial charge in [0.15, 0.2) is 6.10 Å². The summed E-state index contributed by atoms with van der Waals surface area (Å²) in [6.45, 7) is 1.87. The molecule has 2 aromatic rings. The maximum Gasteiger partial charge on any atom is 0.339 e. The summed E-state index contributed by atoms with van der Waals surface area (Å²) in [7, 11) is 0. The van der Waals surface area contributed by atoms with Crippen LogP contribution >= 0.6 is 11.3 Å². The lowest BCUT2D eigenvalue weighted by Gasteiger charge is -2.36. The van der Waals surface area contributed by atoms with Gasteiger partial charge in [0, 0.05) is 32.6 Å². The molecule has 0 spiro atoms. The molecule has 7 heteroatoms. The Morgan fingerprint density at radius 1 is 1.00 bits per heavy atom. The zero-order valence-corrected chi connectivity index (χ0v) is 14.9. The highest BCUT2D eigenvalue weighted by Gasteiger charge is 2.35. The molecule has 0 bridgehead atoms. The van der Waals surface area contributed by atoms with Crippen LogP contribution < -0.4 is 0 Å². The molecule has 1 fully saturated rings. The largest absolute Gasteiger partial charge is 0.448 e. The first-order chi connectivity index (χ1) is 12.6. The van der Waals surface area contributed by atoms with E-state index in [0.29, 0.717) is 43.0 Å². The molecule has 1 aromatic heterocycles. The van der Waals surface area contributed by atoms with E-state index in [4.69, 9.17) is 4.74 Å². The number of thiophene rings is 1. The third-order valence-electron chi connectivity index (χ3n) is 4.78. The molecular formula is C19H18N2O4S. The van der Waals surface area contributed by atoms with Crippen molar-refractivity contribution in [1.82, 2.24) is 9.80 Å². The number of hydrogen-bond acceptors (Lipinski definition) is 5. The number of esters is 1. The fourth-order valence-electron chi connectivity index (χ4n) is 3.36. The molecule has 4 rings (SSSR count). The van der Waals surface area contributed by atoms with Crippen LogP contribution in [-0.2, 0) is 16.0 Å². The summed E-state index contributed by atoms with van der Waals surface area (Å²) in [5.74, 6) is -0.627. The van der Waals surface area contributed by atoms with Crippen LogP contribution in [0, 0.1) is 0 Å². The standard InChI is InChI=1S/C19H18N2O4S/c22-17(15-12-13-4-1-2-5-14(13)19(24)25-15)20-7-9-21(10-8-20)18(23)16-6-3-11-26-16/h1-6,11,15H,7-10,12H2. The Balaban J connectivity index is 1.38. The summed E-state index contributed by atoms with van der Waals surface area (Å²) in [5, 5.41) is 1.88. The fourth-order valence-corrected chi connectivity index (χ4v) is 4.05. The van der Waals surface area contributed by atoms with Crippen LogP contribution in [0.2, 0.25) is 0 Å². The first-order valence-corrected chi connectivity index (χ1v) is 9.42. The Labute approximate surface area is 155 Å². The van der Waals surface area contributed by atoms with Crippen molar-refractivity contribution in [2.45, 2.75) is 12.5 Å². The van der Waals surface area contributed by atoms with Crippen LogP contribution in [-0.4, -0.2) is 59.9 Å². The second-order valence-corrected chi connectivity index (χ2v) is 7.30. The van der Waals surface area contributed by atoms with Crippen molar-refractivity contribution < 1.29 is 19.1 Å². The highest BCUT2D eigenvalue weighted by molar-refractivity contribution is 7.12. The van der Waals surface area contributed by atoms with Gasteiger partial charge in [-0.1, -0.05) is 24.3 Å². The number of nitrogens with zero attached hydrogens (tertiary/aromatic N) is 2. The lowest BCUT2D eigenvalue weighted by molar-refractivity contribution is -0.142. The molecule has 0 radical (unpaired) electrons. The maximum absolute atomic E-state index is 12.8. The van der Waals surface area contributed by atoms with Crippen LogP contribution in [0.5, 0.6) is 0 Å². The molecule has 1 saturated heterocycles. The minimum absolute atomic E-state index is 0.00474. The molecule has 6 nitrogen and oxygen atoms in total. The smallest absolute Gasteiger partial charge is 0.339 e.